The second kappa shape index (κ2) is 4.39. The molecule has 0 bridgehead atoms. The molecule has 0 aliphatic heterocycles. The SMILES string of the molecule is Cc1ccccc1N(C)c1cc2c(cn1)ncn2C. The fraction of sp³-hybridized carbons (Fsp3) is 0.200. The van der Waals surface area contributed by atoms with Gasteiger partial charge >= 0.3 is 0 Å². The average Bonchev–Trinajstić information content (AvgIpc) is 2.80. The van der Waals surface area contributed by atoms with Gasteiger partial charge < -0.3 is 9.47 Å². The Bertz CT molecular complexity index is 730. The van der Waals surface area contributed by atoms with E-state index in [0.717, 1.165) is 22.5 Å². The third kappa shape index (κ3) is 1.95. The Labute approximate surface area is 112 Å². The van der Waals surface area contributed by atoms with Crippen LogP contribution in [0, 0.1) is 6.92 Å². The highest BCUT2D eigenvalue weighted by Gasteiger charge is 2.09. The van der Waals surface area contributed by atoms with E-state index in [1.807, 2.05) is 43.3 Å². The summed E-state index contributed by atoms with van der Waals surface area (Å²) in [6.45, 7) is 2.11. The van der Waals surface area contributed by atoms with Crippen molar-refractivity contribution in [2.24, 2.45) is 7.05 Å². The molecular formula is C15H16N4. The minimum atomic E-state index is 0.921. The van der Waals surface area contributed by atoms with Gasteiger partial charge in [-0.25, -0.2) is 9.97 Å². The van der Waals surface area contributed by atoms with E-state index < -0.39 is 0 Å². The predicted molar refractivity (Wildman–Crippen MR) is 77.8 cm³/mol. The zero-order valence-corrected chi connectivity index (χ0v) is 11.3. The van der Waals surface area contributed by atoms with Crippen molar-refractivity contribution < 1.29 is 0 Å². The Balaban J connectivity index is 2.08. The monoisotopic (exact) mass is 252 g/mol. The lowest BCUT2D eigenvalue weighted by Crippen LogP contribution is -2.12. The number of aryl methyl sites for hydroxylation is 2. The van der Waals surface area contributed by atoms with E-state index in [4.69, 9.17) is 0 Å². The second-order valence-electron chi connectivity index (χ2n) is 4.73. The zero-order chi connectivity index (χ0) is 13.4. The van der Waals surface area contributed by atoms with Crippen LogP contribution in [-0.2, 0) is 7.05 Å². The summed E-state index contributed by atoms with van der Waals surface area (Å²) in [6.07, 6.45) is 3.63. The zero-order valence-electron chi connectivity index (χ0n) is 11.3. The predicted octanol–water partition coefficient (Wildman–Crippen LogP) is 3.04. The lowest BCUT2D eigenvalue weighted by molar-refractivity contribution is 0.946. The molecule has 2 aromatic heterocycles. The van der Waals surface area contributed by atoms with Gasteiger partial charge in [0.25, 0.3) is 0 Å². The van der Waals surface area contributed by atoms with Crippen LogP contribution in [0.25, 0.3) is 11.0 Å². The number of hydrogen-bond donors (Lipinski definition) is 0. The third-order valence-corrected chi connectivity index (χ3v) is 3.42. The van der Waals surface area contributed by atoms with Gasteiger partial charge in [0.05, 0.1) is 18.0 Å². The highest BCUT2D eigenvalue weighted by Crippen LogP contribution is 2.26. The van der Waals surface area contributed by atoms with Gasteiger partial charge in [-0.05, 0) is 18.6 Å². The standard InChI is InChI=1S/C15H16N4/c1-11-6-4-5-7-13(11)19(3)15-8-14-12(9-16-15)17-10-18(14)2/h4-10H,1-3H3. The molecule has 2 heterocycles. The summed E-state index contributed by atoms with van der Waals surface area (Å²) < 4.78 is 2.01. The summed E-state index contributed by atoms with van der Waals surface area (Å²) in [5.74, 6) is 0.922. The lowest BCUT2D eigenvalue weighted by atomic mass is 10.2. The minimum Gasteiger partial charge on any atom is -0.334 e. The van der Waals surface area contributed by atoms with Gasteiger partial charge in [-0.3, -0.25) is 0 Å². The summed E-state index contributed by atoms with van der Waals surface area (Å²) >= 11 is 0. The van der Waals surface area contributed by atoms with Crippen LogP contribution in [0.3, 0.4) is 0 Å². The van der Waals surface area contributed by atoms with Gasteiger partial charge in [0, 0.05) is 25.8 Å². The third-order valence-electron chi connectivity index (χ3n) is 3.42. The van der Waals surface area contributed by atoms with Gasteiger partial charge in [0.15, 0.2) is 0 Å². The average molecular weight is 252 g/mol. The molecule has 3 rings (SSSR count). The Morgan fingerprint density at radius 2 is 1.95 bits per heavy atom. The maximum Gasteiger partial charge on any atom is 0.134 e. The Hall–Kier alpha value is -2.36. The van der Waals surface area contributed by atoms with E-state index in [1.54, 1.807) is 0 Å². The summed E-state index contributed by atoms with van der Waals surface area (Å²) in [5.41, 5.74) is 4.41. The number of anilines is 2. The summed E-state index contributed by atoms with van der Waals surface area (Å²) in [7, 11) is 4.03. The molecule has 0 radical (unpaired) electrons. The van der Waals surface area contributed by atoms with Crippen LogP contribution in [0.4, 0.5) is 11.5 Å². The van der Waals surface area contributed by atoms with Crippen LogP contribution >= 0.6 is 0 Å². The number of para-hydroxylation sites is 1. The molecular weight excluding hydrogens is 236 g/mol. The molecule has 0 aliphatic carbocycles. The highest BCUT2D eigenvalue weighted by molar-refractivity contribution is 5.79. The smallest absolute Gasteiger partial charge is 0.134 e. The molecule has 0 saturated carbocycles. The van der Waals surface area contributed by atoms with Gasteiger partial charge in [-0.15, -0.1) is 0 Å². The first-order valence-corrected chi connectivity index (χ1v) is 6.23. The van der Waals surface area contributed by atoms with Crippen molar-refractivity contribution in [1.82, 2.24) is 14.5 Å². The van der Waals surface area contributed by atoms with Crippen LogP contribution in [0.15, 0.2) is 42.9 Å². The van der Waals surface area contributed by atoms with Gasteiger partial charge in [0.1, 0.15) is 11.3 Å². The van der Waals surface area contributed by atoms with E-state index in [0.29, 0.717) is 0 Å². The minimum absolute atomic E-state index is 0.921. The number of imidazole rings is 1. The maximum atomic E-state index is 4.49. The molecule has 0 aliphatic rings. The second-order valence-corrected chi connectivity index (χ2v) is 4.73. The molecule has 3 aromatic rings. The first-order valence-electron chi connectivity index (χ1n) is 6.23. The first-order chi connectivity index (χ1) is 9.16. The van der Waals surface area contributed by atoms with Crippen LogP contribution in [0.5, 0.6) is 0 Å². The van der Waals surface area contributed by atoms with Crippen molar-refractivity contribution in [3.63, 3.8) is 0 Å². The normalized spacial score (nSPS) is 10.9. The Morgan fingerprint density at radius 3 is 2.74 bits per heavy atom. The van der Waals surface area contributed by atoms with E-state index in [9.17, 15) is 0 Å². The number of rotatable bonds is 2. The van der Waals surface area contributed by atoms with Crippen molar-refractivity contribution in [3.8, 4) is 0 Å². The Kier molecular flexibility index (Phi) is 2.71. The highest BCUT2D eigenvalue weighted by atomic mass is 15.2. The van der Waals surface area contributed by atoms with Crippen LogP contribution < -0.4 is 4.90 Å². The molecule has 1 aromatic carbocycles. The first kappa shape index (κ1) is 11.7. The number of aromatic nitrogens is 3. The van der Waals surface area contributed by atoms with E-state index >= 15 is 0 Å². The van der Waals surface area contributed by atoms with Crippen LogP contribution in [0.2, 0.25) is 0 Å². The van der Waals surface area contributed by atoms with Gasteiger partial charge in [0.2, 0.25) is 0 Å². The fourth-order valence-electron chi connectivity index (χ4n) is 2.27. The summed E-state index contributed by atoms with van der Waals surface area (Å²) in [5, 5.41) is 0. The molecule has 19 heavy (non-hydrogen) atoms. The topological polar surface area (TPSA) is 34.0 Å². The van der Waals surface area contributed by atoms with E-state index in [2.05, 4.69) is 40.0 Å². The molecule has 0 N–H and O–H groups in total. The van der Waals surface area contributed by atoms with E-state index in [1.165, 1.54) is 5.56 Å². The molecule has 4 heteroatoms. The lowest BCUT2D eigenvalue weighted by Gasteiger charge is -2.20. The van der Waals surface area contributed by atoms with Crippen molar-refractivity contribution in [2.75, 3.05) is 11.9 Å². The van der Waals surface area contributed by atoms with Gasteiger partial charge in [-0.2, -0.15) is 0 Å². The largest absolute Gasteiger partial charge is 0.334 e. The number of fused-ring (bicyclic) bond motifs is 1. The maximum absolute atomic E-state index is 4.49. The fourth-order valence-corrected chi connectivity index (χ4v) is 2.27. The van der Waals surface area contributed by atoms with Crippen LogP contribution in [-0.4, -0.2) is 21.6 Å². The molecule has 0 saturated heterocycles. The number of hydrogen-bond acceptors (Lipinski definition) is 3. The molecule has 0 atom stereocenters. The van der Waals surface area contributed by atoms with Crippen LogP contribution in [0.1, 0.15) is 5.56 Å². The van der Waals surface area contributed by atoms with Crippen molar-refractivity contribution in [1.29, 1.82) is 0 Å². The number of pyridine rings is 1. The summed E-state index contributed by atoms with van der Waals surface area (Å²) in [4.78, 5) is 10.9. The quantitative estimate of drug-likeness (QED) is 0.703. The molecule has 0 fully saturated rings. The molecule has 4 nitrogen and oxygen atoms in total. The number of nitrogens with zero attached hydrogens (tertiary/aromatic N) is 4. The molecule has 0 amide bonds. The Morgan fingerprint density at radius 1 is 1.16 bits per heavy atom. The van der Waals surface area contributed by atoms with Gasteiger partial charge in [-0.1, -0.05) is 18.2 Å². The van der Waals surface area contributed by atoms with Crippen molar-refractivity contribution in [2.45, 2.75) is 6.92 Å². The molecule has 0 spiro atoms. The summed E-state index contributed by atoms with van der Waals surface area (Å²) in [6, 6.07) is 10.4. The van der Waals surface area contributed by atoms with Crippen molar-refractivity contribution >= 4 is 22.5 Å². The van der Waals surface area contributed by atoms with E-state index in [-0.39, 0.29) is 0 Å². The van der Waals surface area contributed by atoms with Crippen molar-refractivity contribution in [3.05, 3.63) is 48.4 Å². The number of benzene rings is 1. The molecule has 0 unspecified atom stereocenters. The molecule has 96 valence electrons.